The molecule has 0 aromatic carbocycles. The van der Waals surface area contributed by atoms with Gasteiger partial charge in [-0.2, -0.15) is 0 Å². The van der Waals surface area contributed by atoms with Crippen molar-refractivity contribution >= 4 is 5.84 Å². The molecule has 6 nitrogen and oxygen atoms in total. The molecule has 0 saturated heterocycles. The molecule has 0 unspecified atom stereocenters. The highest BCUT2D eigenvalue weighted by molar-refractivity contribution is 5.97. The van der Waals surface area contributed by atoms with Crippen LogP contribution in [0.3, 0.4) is 0 Å². The molecule has 17 heavy (non-hydrogen) atoms. The van der Waals surface area contributed by atoms with E-state index >= 15 is 0 Å². The molecule has 1 aliphatic rings. The number of nitrogens with one attached hydrogen (secondary N) is 1. The van der Waals surface area contributed by atoms with Crippen molar-refractivity contribution in [2.24, 2.45) is 22.2 Å². The number of amidine groups is 1. The molecule has 7 N–H and O–H groups in total. The van der Waals surface area contributed by atoms with Crippen LogP contribution in [-0.2, 0) is 0 Å². The summed E-state index contributed by atoms with van der Waals surface area (Å²) in [4.78, 5) is 5.85. The second-order valence-corrected chi connectivity index (χ2v) is 3.95. The average Bonchev–Trinajstić information content (AvgIpc) is 3.07. The number of nitrogens with two attached hydrogens (primary N) is 3. The van der Waals surface area contributed by atoms with E-state index in [-0.39, 0.29) is 5.84 Å². The first-order valence-electron chi connectivity index (χ1n) is 5.36. The van der Waals surface area contributed by atoms with Crippen molar-refractivity contribution in [3.63, 3.8) is 0 Å². The van der Waals surface area contributed by atoms with Crippen molar-refractivity contribution in [3.05, 3.63) is 36.7 Å². The Kier molecular flexibility index (Phi) is 4.03. The topological polar surface area (TPSA) is 106 Å². The second kappa shape index (κ2) is 5.29. The molecular formula is C11H20N6. The summed E-state index contributed by atoms with van der Waals surface area (Å²) < 4.78 is 0. The third kappa shape index (κ3) is 3.44. The predicted octanol–water partition coefficient (Wildman–Crippen LogP) is -0.271. The molecule has 0 bridgehead atoms. The molecule has 0 aromatic rings. The van der Waals surface area contributed by atoms with Gasteiger partial charge in [0.15, 0.2) is 0 Å². The summed E-state index contributed by atoms with van der Waals surface area (Å²) in [5.41, 5.74) is 17.5. The molecule has 0 heterocycles. The zero-order chi connectivity index (χ0) is 13.0. The summed E-state index contributed by atoms with van der Waals surface area (Å²) >= 11 is 0. The maximum atomic E-state index is 5.94. The van der Waals surface area contributed by atoms with Gasteiger partial charge in [0, 0.05) is 19.3 Å². The van der Waals surface area contributed by atoms with Crippen molar-refractivity contribution in [3.8, 4) is 0 Å². The van der Waals surface area contributed by atoms with Crippen LogP contribution in [-0.4, -0.2) is 23.8 Å². The van der Waals surface area contributed by atoms with Gasteiger partial charge < -0.3 is 27.4 Å². The maximum Gasteiger partial charge on any atom is 0.150 e. The van der Waals surface area contributed by atoms with Gasteiger partial charge in [0.2, 0.25) is 0 Å². The fourth-order valence-electron chi connectivity index (χ4n) is 1.43. The summed E-state index contributed by atoms with van der Waals surface area (Å²) in [5, 5.41) is 2.91. The molecule has 0 amide bonds. The largest absolute Gasteiger partial charge is 0.393 e. The third-order valence-electron chi connectivity index (χ3n) is 2.49. The lowest BCUT2D eigenvalue weighted by atomic mass is 10.3. The third-order valence-corrected chi connectivity index (χ3v) is 2.49. The number of hydrogen-bond donors (Lipinski definition) is 4. The Morgan fingerprint density at radius 1 is 1.41 bits per heavy atom. The van der Waals surface area contributed by atoms with Gasteiger partial charge in [-0.25, -0.2) is 4.99 Å². The molecule has 1 aliphatic carbocycles. The standard InChI is InChI=1S/C11H20N6/c1-4-15-10(14)9(13)11(16-7(2)12)17(3)8-5-6-8/h4,8,16H,1-2,5-6,12-13H2,3H3,(H2,14,15). The minimum atomic E-state index is 0.205. The van der Waals surface area contributed by atoms with E-state index in [0.29, 0.717) is 23.4 Å². The van der Waals surface area contributed by atoms with Gasteiger partial charge >= 0.3 is 0 Å². The normalized spacial score (nSPS) is 17.1. The van der Waals surface area contributed by atoms with Crippen LogP contribution in [0.15, 0.2) is 41.7 Å². The van der Waals surface area contributed by atoms with Crippen molar-refractivity contribution < 1.29 is 0 Å². The Morgan fingerprint density at radius 2 is 2.00 bits per heavy atom. The maximum absolute atomic E-state index is 5.94. The van der Waals surface area contributed by atoms with Crippen LogP contribution in [0, 0.1) is 0 Å². The van der Waals surface area contributed by atoms with Crippen LogP contribution in [0.25, 0.3) is 0 Å². The molecular weight excluding hydrogens is 216 g/mol. The number of nitrogens with zero attached hydrogens (tertiary/aromatic N) is 2. The van der Waals surface area contributed by atoms with E-state index in [9.17, 15) is 0 Å². The first-order chi connectivity index (χ1) is 7.97. The van der Waals surface area contributed by atoms with Gasteiger partial charge in [-0.3, -0.25) is 0 Å². The first-order valence-corrected chi connectivity index (χ1v) is 5.36. The molecule has 1 fully saturated rings. The van der Waals surface area contributed by atoms with Crippen LogP contribution in [0.2, 0.25) is 0 Å². The van der Waals surface area contributed by atoms with E-state index in [2.05, 4.69) is 23.5 Å². The van der Waals surface area contributed by atoms with Gasteiger partial charge in [-0.1, -0.05) is 13.2 Å². The molecule has 1 rings (SSSR count). The summed E-state index contributed by atoms with van der Waals surface area (Å²) in [6.45, 7) is 7.07. The van der Waals surface area contributed by atoms with E-state index < -0.39 is 0 Å². The summed E-state index contributed by atoms with van der Waals surface area (Å²) in [5.74, 6) is 1.14. The van der Waals surface area contributed by atoms with Crippen LogP contribution in [0.4, 0.5) is 0 Å². The molecule has 0 atom stereocenters. The average molecular weight is 236 g/mol. The SMILES string of the molecule is C=CN=C(N)C(N)=C(NC(=C)N)N(C)C1CC1. The fraction of sp³-hybridized carbons (Fsp3) is 0.364. The van der Waals surface area contributed by atoms with Gasteiger partial charge in [0.05, 0.1) is 5.82 Å². The summed E-state index contributed by atoms with van der Waals surface area (Å²) in [6.07, 6.45) is 3.60. The van der Waals surface area contributed by atoms with Gasteiger partial charge in [-0.15, -0.1) is 0 Å². The Morgan fingerprint density at radius 3 is 2.41 bits per heavy atom. The smallest absolute Gasteiger partial charge is 0.150 e. The summed E-state index contributed by atoms with van der Waals surface area (Å²) in [6, 6.07) is 0.465. The second-order valence-electron chi connectivity index (χ2n) is 3.95. The lowest BCUT2D eigenvalue weighted by Crippen LogP contribution is -2.38. The van der Waals surface area contributed by atoms with E-state index in [4.69, 9.17) is 17.2 Å². The molecule has 0 radical (unpaired) electrons. The number of rotatable bonds is 6. The molecule has 94 valence electrons. The minimum Gasteiger partial charge on any atom is -0.393 e. The molecule has 1 saturated carbocycles. The quantitative estimate of drug-likeness (QED) is 0.375. The Balaban J connectivity index is 3.01. The van der Waals surface area contributed by atoms with Crippen molar-refractivity contribution in [1.82, 2.24) is 10.2 Å². The molecule has 0 aromatic heterocycles. The first kappa shape index (κ1) is 13.0. The van der Waals surface area contributed by atoms with E-state index in [1.54, 1.807) is 0 Å². The Hall–Kier alpha value is -2.11. The van der Waals surface area contributed by atoms with Crippen LogP contribution >= 0.6 is 0 Å². The molecule has 0 aliphatic heterocycles. The van der Waals surface area contributed by atoms with Gasteiger partial charge in [0.1, 0.15) is 17.4 Å². The lowest BCUT2D eigenvalue weighted by Gasteiger charge is -2.25. The van der Waals surface area contributed by atoms with Crippen molar-refractivity contribution in [2.75, 3.05) is 7.05 Å². The lowest BCUT2D eigenvalue weighted by molar-refractivity contribution is 0.380. The Bertz CT molecular complexity index is 377. The van der Waals surface area contributed by atoms with Gasteiger partial charge in [0.25, 0.3) is 0 Å². The van der Waals surface area contributed by atoms with E-state index in [0.717, 1.165) is 12.8 Å². The van der Waals surface area contributed by atoms with Crippen molar-refractivity contribution in [2.45, 2.75) is 18.9 Å². The highest BCUT2D eigenvalue weighted by Crippen LogP contribution is 2.28. The number of hydrogen-bond acceptors (Lipinski definition) is 5. The monoisotopic (exact) mass is 236 g/mol. The zero-order valence-corrected chi connectivity index (χ0v) is 10.1. The highest BCUT2D eigenvalue weighted by Gasteiger charge is 2.29. The molecule has 0 spiro atoms. The zero-order valence-electron chi connectivity index (χ0n) is 10.1. The van der Waals surface area contributed by atoms with Crippen LogP contribution in [0.1, 0.15) is 12.8 Å². The fourth-order valence-corrected chi connectivity index (χ4v) is 1.43. The highest BCUT2D eigenvalue weighted by atomic mass is 15.3. The predicted molar refractivity (Wildman–Crippen MR) is 70.3 cm³/mol. The van der Waals surface area contributed by atoms with Crippen LogP contribution < -0.4 is 22.5 Å². The number of aliphatic imine (C=N–C) groups is 1. The Labute approximate surface area is 102 Å². The van der Waals surface area contributed by atoms with E-state index in [1.807, 2.05) is 11.9 Å². The minimum absolute atomic E-state index is 0.205. The molecule has 6 heteroatoms. The van der Waals surface area contributed by atoms with Gasteiger partial charge in [-0.05, 0) is 12.8 Å². The van der Waals surface area contributed by atoms with Crippen molar-refractivity contribution in [1.29, 1.82) is 0 Å². The van der Waals surface area contributed by atoms with E-state index in [1.165, 1.54) is 6.20 Å². The van der Waals surface area contributed by atoms with Crippen LogP contribution in [0.5, 0.6) is 0 Å². The summed E-state index contributed by atoms with van der Waals surface area (Å²) in [7, 11) is 1.93.